The lowest BCUT2D eigenvalue weighted by molar-refractivity contribution is -0.133. The second-order valence-corrected chi connectivity index (χ2v) is 15.2. The van der Waals surface area contributed by atoms with Gasteiger partial charge in [-0.15, -0.1) is 0 Å². The number of nitrogens with zero attached hydrogens (tertiary/aromatic N) is 2. The molecule has 218 valence electrons. The van der Waals surface area contributed by atoms with E-state index >= 15 is 0 Å². The maximum atomic E-state index is 13.4. The molecule has 7 nitrogen and oxygen atoms in total. The third kappa shape index (κ3) is 7.94. The number of amides is 2. The van der Waals surface area contributed by atoms with Crippen LogP contribution in [-0.4, -0.2) is 82.2 Å². The topological polar surface area (TPSA) is 84.9 Å². The average molecular weight is 533 g/mol. The number of carbonyl (C=O) groups excluding carboxylic acids is 2. The van der Waals surface area contributed by atoms with Crippen molar-refractivity contribution in [1.82, 2.24) is 20.4 Å². The Bertz CT molecular complexity index is 753. The van der Waals surface area contributed by atoms with Gasteiger partial charge in [0.05, 0.1) is 18.2 Å². The second kappa shape index (κ2) is 12.1. The number of fused-ring (bicyclic) bond motifs is 2. The predicted octanol–water partition coefficient (Wildman–Crippen LogP) is 3.94. The summed E-state index contributed by atoms with van der Waals surface area (Å²) in [4.78, 5) is 31.4. The molecule has 4 fully saturated rings. The Morgan fingerprint density at radius 1 is 0.684 bits per heavy atom. The summed E-state index contributed by atoms with van der Waals surface area (Å²) >= 11 is 0. The summed E-state index contributed by atoms with van der Waals surface area (Å²) < 4.78 is 0. The van der Waals surface area contributed by atoms with Gasteiger partial charge in [-0.2, -0.15) is 0 Å². The van der Waals surface area contributed by atoms with E-state index < -0.39 is 6.10 Å². The first-order chi connectivity index (χ1) is 17.8. The van der Waals surface area contributed by atoms with Gasteiger partial charge < -0.3 is 15.7 Å². The van der Waals surface area contributed by atoms with E-state index in [0.717, 1.165) is 25.9 Å². The number of hydrogen-bond donors (Lipinski definition) is 3. The fourth-order valence-corrected chi connectivity index (χ4v) is 7.85. The zero-order valence-corrected chi connectivity index (χ0v) is 25.1. The van der Waals surface area contributed by atoms with Crippen LogP contribution in [0.15, 0.2) is 0 Å². The monoisotopic (exact) mass is 532 g/mol. The van der Waals surface area contributed by atoms with Crippen LogP contribution in [0.1, 0.15) is 106 Å². The number of hydrogen-bond acceptors (Lipinski definition) is 5. The van der Waals surface area contributed by atoms with Crippen LogP contribution in [0.3, 0.4) is 0 Å². The van der Waals surface area contributed by atoms with Crippen LogP contribution in [-0.2, 0) is 9.59 Å². The Hall–Kier alpha value is -1.18. The van der Waals surface area contributed by atoms with Gasteiger partial charge in [-0.05, 0) is 90.9 Å². The van der Waals surface area contributed by atoms with E-state index in [0.29, 0.717) is 36.8 Å². The Kier molecular flexibility index (Phi) is 9.52. The molecule has 7 heteroatoms. The third-order valence-corrected chi connectivity index (χ3v) is 9.50. The minimum Gasteiger partial charge on any atom is -0.390 e. The van der Waals surface area contributed by atoms with Crippen molar-refractivity contribution >= 4 is 11.8 Å². The summed E-state index contributed by atoms with van der Waals surface area (Å²) in [5.41, 5.74) is -0.550. The average Bonchev–Trinajstić information content (AvgIpc) is 2.81. The highest BCUT2D eigenvalue weighted by molar-refractivity contribution is 5.83. The molecule has 0 bridgehead atoms. The standard InChI is InChI=1S/C31H56N4O3/c1-30(2,3)32-28(37)26-15-21-11-7-9-13-23(21)17-34(26)19-25(36)20-35-18-24-14-10-8-12-22(24)16-27(35)29(38)33-31(4,5)6/h21-27,36H,7-20H2,1-6H3,(H,32,37)(H,33,38)/t21-,22-,23+,24+,26-,27-/m0/s1. The largest absolute Gasteiger partial charge is 0.390 e. The van der Waals surface area contributed by atoms with Gasteiger partial charge >= 0.3 is 0 Å². The fourth-order valence-electron chi connectivity index (χ4n) is 7.85. The molecule has 2 aliphatic heterocycles. The molecule has 6 atom stereocenters. The molecule has 0 aromatic carbocycles. The van der Waals surface area contributed by atoms with Crippen LogP contribution in [0.5, 0.6) is 0 Å². The zero-order chi connectivity index (χ0) is 27.7. The molecule has 2 saturated carbocycles. The molecule has 4 rings (SSSR count). The van der Waals surface area contributed by atoms with Crippen molar-refractivity contribution in [1.29, 1.82) is 0 Å². The summed E-state index contributed by atoms with van der Waals surface area (Å²) in [5, 5.41) is 17.9. The molecule has 0 unspecified atom stereocenters. The van der Waals surface area contributed by atoms with Crippen LogP contribution >= 0.6 is 0 Å². The van der Waals surface area contributed by atoms with E-state index in [1.807, 2.05) is 41.5 Å². The van der Waals surface area contributed by atoms with Gasteiger partial charge in [0.25, 0.3) is 0 Å². The van der Waals surface area contributed by atoms with Crippen molar-refractivity contribution in [2.24, 2.45) is 23.7 Å². The third-order valence-electron chi connectivity index (χ3n) is 9.50. The van der Waals surface area contributed by atoms with E-state index in [1.54, 1.807) is 0 Å². The first-order valence-electron chi connectivity index (χ1n) is 15.6. The van der Waals surface area contributed by atoms with Crippen LogP contribution in [0, 0.1) is 23.7 Å². The molecular weight excluding hydrogens is 476 g/mol. The second-order valence-electron chi connectivity index (χ2n) is 15.2. The number of rotatable bonds is 6. The van der Waals surface area contributed by atoms with E-state index in [9.17, 15) is 14.7 Å². The number of nitrogens with one attached hydrogen (secondary N) is 2. The van der Waals surface area contributed by atoms with E-state index in [-0.39, 0.29) is 35.0 Å². The maximum Gasteiger partial charge on any atom is 0.237 e. The Labute approximate surface area is 231 Å². The predicted molar refractivity (Wildman–Crippen MR) is 153 cm³/mol. The van der Waals surface area contributed by atoms with Crippen molar-refractivity contribution in [2.45, 2.75) is 135 Å². The van der Waals surface area contributed by atoms with Crippen LogP contribution in [0.25, 0.3) is 0 Å². The highest BCUT2D eigenvalue weighted by atomic mass is 16.3. The van der Waals surface area contributed by atoms with Gasteiger partial charge in [-0.1, -0.05) is 38.5 Å². The molecule has 0 aromatic rings. The van der Waals surface area contributed by atoms with E-state index in [2.05, 4.69) is 20.4 Å². The minimum atomic E-state index is -0.592. The summed E-state index contributed by atoms with van der Waals surface area (Å²) in [5.74, 6) is 2.67. The zero-order valence-electron chi connectivity index (χ0n) is 25.1. The first-order valence-corrected chi connectivity index (χ1v) is 15.6. The van der Waals surface area contributed by atoms with Crippen LogP contribution < -0.4 is 10.6 Å². The summed E-state index contributed by atoms with van der Waals surface area (Å²) in [6.45, 7) is 15.0. The lowest BCUT2D eigenvalue weighted by Gasteiger charge is -2.48. The smallest absolute Gasteiger partial charge is 0.237 e. The van der Waals surface area contributed by atoms with Crippen molar-refractivity contribution < 1.29 is 14.7 Å². The molecule has 0 spiro atoms. The Morgan fingerprint density at radius 2 is 1.03 bits per heavy atom. The fraction of sp³-hybridized carbons (Fsp3) is 0.935. The molecule has 0 aromatic heterocycles. The summed E-state index contributed by atoms with van der Waals surface area (Å²) in [6.07, 6.45) is 11.2. The Balaban J connectivity index is 1.45. The number of aliphatic hydroxyl groups excluding tert-OH is 1. The highest BCUT2D eigenvalue weighted by Gasteiger charge is 2.43. The maximum absolute atomic E-state index is 13.4. The van der Waals surface area contributed by atoms with Crippen molar-refractivity contribution in [3.05, 3.63) is 0 Å². The molecule has 4 aliphatic rings. The number of β-amino-alcohol motifs (C(OH)–C–C–N with tert-alkyl or cyclic N) is 1. The molecule has 38 heavy (non-hydrogen) atoms. The molecule has 2 aliphatic carbocycles. The summed E-state index contributed by atoms with van der Waals surface area (Å²) in [7, 11) is 0. The van der Waals surface area contributed by atoms with Crippen molar-refractivity contribution in [2.75, 3.05) is 26.2 Å². The lowest BCUT2D eigenvalue weighted by Crippen LogP contribution is -2.61. The molecule has 0 radical (unpaired) electrons. The first kappa shape index (κ1) is 29.8. The van der Waals surface area contributed by atoms with E-state index in [4.69, 9.17) is 0 Å². The number of likely N-dealkylation sites (tertiary alicyclic amines) is 2. The normalized spacial score (nSPS) is 33.4. The van der Waals surface area contributed by atoms with Gasteiger partial charge in [-0.3, -0.25) is 19.4 Å². The molecule has 2 heterocycles. The molecular formula is C31H56N4O3. The van der Waals surface area contributed by atoms with Crippen LogP contribution in [0.2, 0.25) is 0 Å². The minimum absolute atomic E-state index is 0.0965. The number of carbonyl (C=O) groups is 2. The number of piperidine rings is 2. The van der Waals surface area contributed by atoms with Crippen LogP contribution in [0.4, 0.5) is 0 Å². The molecule has 2 amide bonds. The van der Waals surface area contributed by atoms with Crippen molar-refractivity contribution in [3.8, 4) is 0 Å². The lowest BCUT2D eigenvalue weighted by atomic mass is 9.72. The summed E-state index contributed by atoms with van der Waals surface area (Å²) in [6, 6.07) is -0.375. The SMILES string of the molecule is CC(C)(C)NC(=O)[C@@H]1C[C@@H]2CCCC[C@@H]2CN1CC(O)CN1C[C@H]2CCCC[C@H]2C[C@H]1C(=O)NC(C)(C)C. The highest BCUT2D eigenvalue weighted by Crippen LogP contribution is 2.40. The van der Waals surface area contributed by atoms with E-state index in [1.165, 1.54) is 51.4 Å². The van der Waals surface area contributed by atoms with Gasteiger partial charge in [0, 0.05) is 37.3 Å². The van der Waals surface area contributed by atoms with Gasteiger partial charge in [0.1, 0.15) is 0 Å². The Morgan fingerprint density at radius 3 is 1.37 bits per heavy atom. The van der Waals surface area contributed by atoms with Crippen molar-refractivity contribution in [3.63, 3.8) is 0 Å². The van der Waals surface area contributed by atoms with Gasteiger partial charge in [0.15, 0.2) is 0 Å². The van der Waals surface area contributed by atoms with Gasteiger partial charge in [0.2, 0.25) is 11.8 Å². The molecule has 3 N–H and O–H groups in total. The van der Waals surface area contributed by atoms with Gasteiger partial charge in [-0.25, -0.2) is 0 Å². The number of aliphatic hydroxyl groups is 1. The molecule has 2 saturated heterocycles. The quantitative estimate of drug-likeness (QED) is 0.483.